The largest absolute Gasteiger partial charge is 0.497 e. The topological polar surface area (TPSA) is 72.7 Å². The fraction of sp³-hybridized carbons (Fsp3) is 0.0714. The van der Waals surface area contributed by atoms with Crippen LogP contribution in [0.3, 0.4) is 0 Å². The van der Waals surface area contributed by atoms with Gasteiger partial charge in [-0.25, -0.2) is 4.98 Å². The van der Waals surface area contributed by atoms with Crippen LogP contribution in [-0.4, -0.2) is 22.4 Å². The molecule has 0 saturated heterocycles. The number of rotatable bonds is 3. The van der Waals surface area contributed by atoms with Crippen molar-refractivity contribution >= 4 is 27.9 Å². The number of benzene rings is 1. The SMILES string of the molecule is COc1cccc(NC(=O)c2cnc3sccn3c2=O)c1. The summed E-state index contributed by atoms with van der Waals surface area (Å²) in [6.45, 7) is 0. The van der Waals surface area contributed by atoms with Crippen LogP contribution in [0.4, 0.5) is 5.69 Å². The zero-order valence-electron chi connectivity index (χ0n) is 11.1. The molecule has 106 valence electrons. The molecule has 0 aliphatic carbocycles. The molecule has 1 N–H and O–H groups in total. The van der Waals surface area contributed by atoms with Gasteiger partial charge < -0.3 is 10.1 Å². The summed E-state index contributed by atoms with van der Waals surface area (Å²) in [5, 5.41) is 4.41. The van der Waals surface area contributed by atoms with E-state index in [1.807, 2.05) is 0 Å². The maximum Gasteiger partial charge on any atom is 0.271 e. The van der Waals surface area contributed by atoms with E-state index in [1.54, 1.807) is 43.0 Å². The second-order valence-corrected chi connectivity index (χ2v) is 5.09. The van der Waals surface area contributed by atoms with Crippen molar-refractivity contribution < 1.29 is 9.53 Å². The second kappa shape index (κ2) is 5.37. The van der Waals surface area contributed by atoms with E-state index in [0.29, 0.717) is 16.4 Å². The fourth-order valence-corrected chi connectivity index (χ4v) is 2.55. The van der Waals surface area contributed by atoms with Crippen molar-refractivity contribution in [3.8, 4) is 5.75 Å². The Morgan fingerprint density at radius 1 is 1.43 bits per heavy atom. The van der Waals surface area contributed by atoms with Gasteiger partial charge in [0.2, 0.25) is 0 Å². The number of nitrogens with one attached hydrogen (secondary N) is 1. The third-order valence-electron chi connectivity index (χ3n) is 2.91. The number of ether oxygens (including phenoxy) is 1. The quantitative estimate of drug-likeness (QED) is 0.803. The first kappa shape index (κ1) is 13.3. The van der Waals surface area contributed by atoms with Crippen molar-refractivity contribution in [2.45, 2.75) is 0 Å². The highest BCUT2D eigenvalue weighted by atomic mass is 32.1. The minimum Gasteiger partial charge on any atom is -0.497 e. The van der Waals surface area contributed by atoms with Gasteiger partial charge in [-0.1, -0.05) is 6.07 Å². The summed E-state index contributed by atoms with van der Waals surface area (Å²) >= 11 is 1.33. The first-order chi connectivity index (χ1) is 10.2. The van der Waals surface area contributed by atoms with Crippen molar-refractivity contribution in [3.05, 3.63) is 58.0 Å². The van der Waals surface area contributed by atoms with Crippen molar-refractivity contribution in [2.75, 3.05) is 12.4 Å². The molecule has 6 nitrogen and oxygen atoms in total. The number of anilines is 1. The summed E-state index contributed by atoms with van der Waals surface area (Å²) in [6, 6.07) is 6.91. The summed E-state index contributed by atoms with van der Waals surface area (Å²) in [5.41, 5.74) is 0.157. The summed E-state index contributed by atoms with van der Waals surface area (Å²) in [6.07, 6.45) is 2.89. The Bertz CT molecular complexity index is 869. The van der Waals surface area contributed by atoms with Crippen LogP contribution in [0, 0.1) is 0 Å². The predicted octanol–water partition coefficient (Wildman–Crippen LogP) is 2.02. The molecule has 7 heteroatoms. The number of nitrogens with zero attached hydrogens (tertiary/aromatic N) is 2. The highest BCUT2D eigenvalue weighted by Gasteiger charge is 2.14. The molecule has 3 rings (SSSR count). The van der Waals surface area contributed by atoms with Crippen LogP contribution in [0.15, 0.2) is 46.8 Å². The minimum atomic E-state index is -0.499. The number of hydrogen-bond donors (Lipinski definition) is 1. The maximum absolute atomic E-state index is 12.2. The van der Waals surface area contributed by atoms with Crippen LogP contribution in [0.1, 0.15) is 10.4 Å². The molecule has 0 bridgehead atoms. The van der Waals surface area contributed by atoms with Crippen LogP contribution in [0.25, 0.3) is 4.96 Å². The van der Waals surface area contributed by atoms with Gasteiger partial charge in [0.05, 0.1) is 7.11 Å². The maximum atomic E-state index is 12.2. The zero-order valence-corrected chi connectivity index (χ0v) is 11.9. The van der Waals surface area contributed by atoms with Gasteiger partial charge in [-0.05, 0) is 12.1 Å². The monoisotopic (exact) mass is 301 g/mol. The van der Waals surface area contributed by atoms with Crippen molar-refractivity contribution in [2.24, 2.45) is 0 Å². The van der Waals surface area contributed by atoms with Gasteiger partial charge >= 0.3 is 0 Å². The van der Waals surface area contributed by atoms with E-state index in [4.69, 9.17) is 4.74 Å². The zero-order chi connectivity index (χ0) is 14.8. The normalized spacial score (nSPS) is 10.5. The van der Waals surface area contributed by atoms with E-state index in [0.717, 1.165) is 0 Å². The van der Waals surface area contributed by atoms with Gasteiger partial charge in [0, 0.05) is 29.5 Å². The molecule has 0 saturated carbocycles. The molecule has 21 heavy (non-hydrogen) atoms. The molecular weight excluding hydrogens is 290 g/mol. The molecule has 3 aromatic rings. The molecule has 2 aromatic heterocycles. The predicted molar refractivity (Wildman–Crippen MR) is 80.3 cm³/mol. The van der Waals surface area contributed by atoms with E-state index in [-0.39, 0.29) is 11.1 Å². The number of hydrogen-bond acceptors (Lipinski definition) is 5. The highest BCUT2D eigenvalue weighted by Crippen LogP contribution is 2.17. The van der Waals surface area contributed by atoms with Crippen LogP contribution in [0.2, 0.25) is 0 Å². The standard InChI is InChI=1S/C14H11N3O3S/c1-20-10-4-2-3-9(7-10)16-12(18)11-8-15-14-17(13(11)19)5-6-21-14/h2-8H,1H3,(H,16,18). The van der Waals surface area contributed by atoms with Crippen molar-refractivity contribution in [3.63, 3.8) is 0 Å². The summed E-state index contributed by atoms with van der Waals surface area (Å²) in [7, 11) is 1.54. The number of fused-ring (bicyclic) bond motifs is 1. The Hall–Kier alpha value is -2.67. The lowest BCUT2D eigenvalue weighted by Gasteiger charge is -2.06. The average molecular weight is 301 g/mol. The van der Waals surface area contributed by atoms with Gasteiger partial charge in [0.25, 0.3) is 11.5 Å². The molecule has 0 radical (unpaired) electrons. The first-order valence-electron chi connectivity index (χ1n) is 6.09. The molecule has 2 heterocycles. The number of carbonyl (C=O) groups is 1. The lowest BCUT2D eigenvalue weighted by Crippen LogP contribution is -2.25. The third kappa shape index (κ3) is 2.50. The number of amides is 1. The molecule has 0 spiro atoms. The number of carbonyl (C=O) groups excluding carboxylic acids is 1. The second-order valence-electron chi connectivity index (χ2n) is 4.22. The summed E-state index contributed by atoms with van der Waals surface area (Å²) < 4.78 is 6.44. The molecule has 1 aromatic carbocycles. The average Bonchev–Trinajstić information content (AvgIpc) is 2.97. The van der Waals surface area contributed by atoms with Gasteiger partial charge in [0.15, 0.2) is 4.96 Å². The Labute approximate surface area is 123 Å². The van der Waals surface area contributed by atoms with Crippen LogP contribution in [-0.2, 0) is 0 Å². The molecule has 0 unspecified atom stereocenters. The molecule has 0 aliphatic rings. The first-order valence-corrected chi connectivity index (χ1v) is 6.97. The summed E-state index contributed by atoms with van der Waals surface area (Å²) in [5.74, 6) is 0.122. The smallest absolute Gasteiger partial charge is 0.271 e. The lowest BCUT2D eigenvalue weighted by molar-refractivity contribution is 0.102. The molecular formula is C14H11N3O3S. The van der Waals surface area contributed by atoms with E-state index >= 15 is 0 Å². The number of methoxy groups -OCH3 is 1. The highest BCUT2D eigenvalue weighted by molar-refractivity contribution is 7.15. The Kier molecular flexibility index (Phi) is 3.41. The summed E-state index contributed by atoms with van der Waals surface area (Å²) in [4.78, 5) is 29.0. The van der Waals surface area contributed by atoms with E-state index in [9.17, 15) is 9.59 Å². The van der Waals surface area contributed by atoms with Crippen LogP contribution < -0.4 is 15.6 Å². The molecule has 0 fully saturated rings. The Morgan fingerprint density at radius 2 is 2.29 bits per heavy atom. The van der Waals surface area contributed by atoms with Crippen LogP contribution >= 0.6 is 11.3 Å². The molecule has 0 atom stereocenters. The lowest BCUT2D eigenvalue weighted by atomic mass is 10.2. The van der Waals surface area contributed by atoms with Gasteiger partial charge in [-0.15, -0.1) is 11.3 Å². The Balaban J connectivity index is 1.93. The number of aromatic nitrogens is 2. The molecule has 1 amide bonds. The van der Waals surface area contributed by atoms with Crippen LogP contribution in [0.5, 0.6) is 5.75 Å². The Morgan fingerprint density at radius 3 is 3.10 bits per heavy atom. The van der Waals surface area contributed by atoms with Gasteiger partial charge in [0.1, 0.15) is 11.3 Å². The number of thiazole rings is 1. The third-order valence-corrected chi connectivity index (χ3v) is 3.69. The van der Waals surface area contributed by atoms with Gasteiger partial charge in [-0.2, -0.15) is 0 Å². The van der Waals surface area contributed by atoms with E-state index in [1.165, 1.54) is 21.9 Å². The van der Waals surface area contributed by atoms with Crippen molar-refractivity contribution in [1.82, 2.24) is 9.38 Å². The van der Waals surface area contributed by atoms with Crippen molar-refractivity contribution in [1.29, 1.82) is 0 Å². The minimum absolute atomic E-state index is 0.00581. The van der Waals surface area contributed by atoms with E-state index in [2.05, 4.69) is 10.3 Å². The van der Waals surface area contributed by atoms with E-state index < -0.39 is 5.91 Å². The molecule has 0 aliphatic heterocycles. The van der Waals surface area contributed by atoms with Gasteiger partial charge in [-0.3, -0.25) is 14.0 Å². The fourth-order valence-electron chi connectivity index (χ4n) is 1.88.